The van der Waals surface area contributed by atoms with E-state index in [1.54, 1.807) is 12.1 Å². The molecule has 2 aliphatic heterocycles. The molecule has 3 unspecified atom stereocenters. The number of hydrogen-bond donors (Lipinski definition) is 4. The van der Waals surface area contributed by atoms with Gasteiger partial charge < -0.3 is 20.7 Å². The average molecular weight is 482 g/mol. The summed E-state index contributed by atoms with van der Waals surface area (Å²) in [6.45, 7) is 5.37. The summed E-state index contributed by atoms with van der Waals surface area (Å²) in [5, 5.41) is 25.9. The molecule has 0 radical (unpaired) electrons. The van der Waals surface area contributed by atoms with E-state index < -0.39 is 17.5 Å². The number of hydrogen-bond acceptors (Lipinski definition) is 6. The summed E-state index contributed by atoms with van der Waals surface area (Å²) in [7, 11) is 0. The lowest BCUT2D eigenvalue weighted by atomic mass is 9.80. The van der Waals surface area contributed by atoms with E-state index in [0.29, 0.717) is 11.7 Å². The van der Waals surface area contributed by atoms with Crippen molar-refractivity contribution in [1.82, 2.24) is 20.5 Å². The number of H-pyrrole nitrogens is 1. The van der Waals surface area contributed by atoms with Gasteiger partial charge in [0.25, 0.3) is 0 Å². The number of fused-ring (bicyclic) bond motifs is 2. The van der Waals surface area contributed by atoms with E-state index in [1.807, 2.05) is 0 Å². The van der Waals surface area contributed by atoms with Gasteiger partial charge in [-0.2, -0.15) is 0 Å². The molecule has 2 aliphatic rings. The highest BCUT2D eigenvalue weighted by Gasteiger charge is 2.48. The number of aromatic hydroxyl groups is 1. The highest BCUT2D eigenvalue weighted by atomic mass is 19.1. The summed E-state index contributed by atoms with van der Waals surface area (Å²) >= 11 is 0. The summed E-state index contributed by atoms with van der Waals surface area (Å²) in [6, 6.07) is 7.85. The van der Waals surface area contributed by atoms with Crippen LogP contribution in [-0.2, 0) is 0 Å². The number of piperidine rings is 1. The largest absolute Gasteiger partial charge is 0.507 e. The Morgan fingerprint density at radius 2 is 1.89 bits per heavy atom. The maximum absolute atomic E-state index is 14.9. The number of nitrogens with one attached hydrogen (secondary N) is 3. The van der Waals surface area contributed by atoms with E-state index in [-0.39, 0.29) is 39.2 Å². The van der Waals surface area contributed by atoms with Crippen LogP contribution in [0.25, 0.3) is 11.3 Å². The first-order valence-electron chi connectivity index (χ1n) is 11.9. The fourth-order valence-corrected chi connectivity index (χ4v) is 5.80. The van der Waals surface area contributed by atoms with Crippen LogP contribution in [-0.4, -0.2) is 37.9 Å². The minimum Gasteiger partial charge on any atom is -0.507 e. The maximum Gasteiger partial charge on any atom is 0.248 e. The first-order valence-corrected chi connectivity index (χ1v) is 11.9. The second-order valence-electron chi connectivity index (χ2n) is 10.4. The molecule has 1 aromatic carbocycles. The van der Waals surface area contributed by atoms with Crippen molar-refractivity contribution in [1.29, 1.82) is 0 Å². The Kier molecular flexibility index (Phi) is 5.83. The van der Waals surface area contributed by atoms with Gasteiger partial charge in [-0.1, -0.05) is 0 Å². The van der Waals surface area contributed by atoms with E-state index in [9.17, 15) is 18.7 Å². The summed E-state index contributed by atoms with van der Waals surface area (Å²) in [4.78, 5) is 13.8. The number of halogens is 2. The molecular weight excluding hydrogens is 452 g/mol. The topological polar surface area (TPSA) is 103 Å². The Morgan fingerprint density at radius 3 is 2.54 bits per heavy atom. The Bertz CT molecular complexity index is 1280. The fraction of sp³-hybridized carbons (Fsp3) is 0.423. The van der Waals surface area contributed by atoms with Gasteiger partial charge in [0.2, 0.25) is 5.56 Å². The van der Waals surface area contributed by atoms with Gasteiger partial charge in [0.15, 0.2) is 6.17 Å². The minimum atomic E-state index is -1.90. The van der Waals surface area contributed by atoms with Crippen molar-refractivity contribution in [2.45, 2.75) is 56.8 Å². The van der Waals surface area contributed by atoms with Crippen molar-refractivity contribution in [2.24, 2.45) is 5.92 Å². The SMILES string of the molecule is CC12CCC(C)(CC(CNc3ccc(-c4cc(F)c(C(F)c5cc[nH]c(=O)c5)cc4O)nn3)C1)N2. The molecule has 4 N–H and O–H groups in total. The molecular formula is C26H29F2N5O2. The molecule has 3 aromatic rings. The van der Waals surface area contributed by atoms with Gasteiger partial charge >= 0.3 is 0 Å². The number of alkyl halides is 1. The monoisotopic (exact) mass is 481 g/mol. The summed E-state index contributed by atoms with van der Waals surface area (Å²) in [6.07, 6.45) is 3.99. The van der Waals surface area contributed by atoms with Crippen molar-refractivity contribution in [3.8, 4) is 17.0 Å². The number of anilines is 1. The molecule has 4 heterocycles. The number of pyridine rings is 1. The van der Waals surface area contributed by atoms with Crippen LogP contribution >= 0.6 is 0 Å². The molecule has 2 fully saturated rings. The van der Waals surface area contributed by atoms with Crippen LogP contribution < -0.4 is 16.2 Å². The Labute approximate surface area is 202 Å². The average Bonchev–Trinajstić information content (AvgIpc) is 3.05. The van der Waals surface area contributed by atoms with Crippen LogP contribution in [0.2, 0.25) is 0 Å². The molecule has 2 aromatic heterocycles. The lowest BCUT2D eigenvalue weighted by Crippen LogP contribution is -2.54. The molecule has 2 bridgehead atoms. The Hall–Kier alpha value is -3.33. The van der Waals surface area contributed by atoms with Gasteiger partial charge in [-0.25, -0.2) is 8.78 Å². The zero-order valence-corrected chi connectivity index (χ0v) is 19.7. The molecule has 0 saturated carbocycles. The van der Waals surface area contributed by atoms with Crippen LogP contribution in [0.1, 0.15) is 56.8 Å². The van der Waals surface area contributed by atoms with Crippen LogP contribution in [0.5, 0.6) is 5.75 Å². The predicted octanol–water partition coefficient (Wildman–Crippen LogP) is 4.46. The number of benzene rings is 1. The third kappa shape index (κ3) is 4.77. The molecule has 184 valence electrons. The van der Waals surface area contributed by atoms with Crippen molar-refractivity contribution < 1.29 is 13.9 Å². The zero-order chi connectivity index (χ0) is 24.8. The smallest absolute Gasteiger partial charge is 0.248 e. The van der Waals surface area contributed by atoms with Crippen LogP contribution in [0.4, 0.5) is 14.6 Å². The van der Waals surface area contributed by atoms with E-state index in [0.717, 1.165) is 37.6 Å². The van der Waals surface area contributed by atoms with Gasteiger partial charge in [0.05, 0.1) is 5.69 Å². The molecule has 9 heteroatoms. The number of aromatic amines is 1. The molecule has 0 aliphatic carbocycles. The third-order valence-electron chi connectivity index (χ3n) is 7.30. The van der Waals surface area contributed by atoms with Crippen molar-refractivity contribution in [3.63, 3.8) is 0 Å². The lowest BCUT2D eigenvalue weighted by Gasteiger charge is -2.42. The van der Waals surface area contributed by atoms with Gasteiger partial charge in [-0.3, -0.25) is 4.79 Å². The van der Waals surface area contributed by atoms with Gasteiger partial charge in [-0.15, -0.1) is 10.2 Å². The summed E-state index contributed by atoms with van der Waals surface area (Å²) in [5.74, 6) is -0.0490. The molecule has 0 spiro atoms. The standard InChI is InChI=1S/C26H29F2N5O2/c1-25-6-7-26(2,33-25)13-15(12-25)14-30-22-4-3-20(31-32-22)18-10-19(27)17(11-21(18)34)24(28)16-5-8-29-23(35)9-16/h3-5,8-11,15,24,33-34H,6-7,12-14H2,1-2H3,(H,29,35)(H,30,32). The molecule has 35 heavy (non-hydrogen) atoms. The highest BCUT2D eigenvalue weighted by molar-refractivity contribution is 5.68. The lowest BCUT2D eigenvalue weighted by molar-refractivity contribution is 0.178. The van der Waals surface area contributed by atoms with Crippen LogP contribution in [0, 0.1) is 11.7 Å². The molecule has 0 amide bonds. The number of phenolic OH excluding ortho intramolecular Hbond substituents is 1. The number of phenols is 1. The van der Waals surface area contributed by atoms with Crippen molar-refractivity contribution in [2.75, 3.05) is 11.9 Å². The zero-order valence-electron chi connectivity index (χ0n) is 19.7. The summed E-state index contributed by atoms with van der Waals surface area (Å²) < 4.78 is 29.7. The normalized spacial score (nSPS) is 26.5. The fourth-order valence-electron chi connectivity index (χ4n) is 5.80. The van der Waals surface area contributed by atoms with Crippen LogP contribution in [0.15, 0.2) is 47.4 Å². The quantitative estimate of drug-likeness (QED) is 0.415. The maximum atomic E-state index is 14.9. The first kappa shape index (κ1) is 23.4. The van der Waals surface area contributed by atoms with Crippen molar-refractivity contribution in [3.05, 3.63) is 69.9 Å². The Balaban J connectivity index is 1.28. The Morgan fingerprint density at radius 1 is 1.14 bits per heavy atom. The molecule has 2 saturated heterocycles. The second kappa shape index (κ2) is 8.71. The molecule has 3 atom stereocenters. The van der Waals surface area contributed by atoms with Gasteiger partial charge in [-0.05, 0) is 81.3 Å². The van der Waals surface area contributed by atoms with E-state index in [4.69, 9.17) is 0 Å². The minimum absolute atomic E-state index is 0.000222. The number of aromatic nitrogens is 3. The van der Waals surface area contributed by atoms with Gasteiger partial charge in [0.1, 0.15) is 17.4 Å². The van der Waals surface area contributed by atoms with Gasteiger partial charge in [0, 0.05) is 41.0 Å². The van der Waals surface area contributed by atoms with Crippen molar-refractivity contribution >= 4 is 5.82 Å². The van der Waals surface area contributed by atoms with E-state index in [2.05, 4.69) is 39.7 Å². The first-order chi connectivity index (χ1) is 16.6. The molecule has 5 rings (SSSR count). The third-order valence-corrected chi connectivity index (χ3v) is 7.30. The molecule has 7 nitrogen and oxygen atoms in total. The number of rotatable bonds is 6. The number of nitrogens with zero attached hydrogens (tertiary/aromatic N) is 2. The highest BCUT2D eigenvalue weighted by Crippen LogP contribution is 2.44. The predicted molar refractivity (Wildman–Crippen MR) is 129 cm³/mol. The second-order valence-corrected chi connectivity index (χ2v) is 10.4. The van der Waals surface area contributed by atoms with E-state index >= 15 is 0 Å². The van der Waals surface area contributed by atoms with Crippen LogP contribution in [0.3, 0.4) is 0 Å². The van der Waals surface area contributed by atoms with E-state index in [1.165, 1.54) is 25.1 Å². The summed E-state index contributed by atoms with van der Waals surface area (Å²) in [5.41, 5.74) is -0.0914.